The van der Waals surface area contributed by atoms with E-state index in [1.165, 1.54) is 25.2 Å². The average Bonchev–Trinajstić information content (AvgIpc) is 2.47. The van der Waals surface area contributed by atoms with E-state index in [1.807, 2.05) is 0 Å². The van der Waals surface area contributed by atoms with Crippen molar-refractivity contribution in [2.45, 2.75) is 24.3 Å². The van der Waals surface area contributed by atoms with Crippen LogP contribution in [0.15, 0.2) is 23.1 Å². The third-order valence-electron chi connectivity index (χ3n) is 3.12. The lowest BCUT2D eigenvalue weighted by Gasteiger charge is -2.23. The molecule has 0 spiro atoms. The molecule has 0 bridgehead atoms. The van der Waals surface area contributed by atoms with E-state index in [9.17, 15) is 18.0 Å². The molecule has 2 rings (SSSR count). The molecule has 1 atom stereocenters. The fourth-order valence-electron chi connectivity index (χ4n) is 1.86. The minimum absolute atomic E-state index is 0.0124. The smallest absolute Gasteiger partial charge is 0.265 e. The molecule has 1 aliphatic rings. The number of carbonyl (C=O) groups is 2. The van der Waals surface area contributed by atoms with Gasteiger partial charge in [-0.3, -0.25) is 9.59 Å². The second-order valence-electron chi connectivity index (χ2n) is 4.73. The molecule has 22 heavy (non-hydrogen) atoms. The van der Waals surface area contributed by atoms with Crippen molar-refractivity contribution < 1.29 is 22.7 Å². The van der Waals surface area contributed by atoms with E-state index in [4.69, 9.17) is 4.74 Å². The zero-order valence-corrected chi connectivity index (χ0v) is 13.0. The predicted molar refractivity (Wildman–Crippen MR) is 79.0 cm³/mol. The number of nitrogens with one attached hydrogen (secondary N) is 3. The van der Waals surface area contributed by atoms with Gasteiger partial charge in [0, 0.05) is 20.0 Å². The van der Waals surface area contributed by atoms with Crippen LogP contribution >= 0.6 is 0 Å². The Morgan fingerprint density at radius 2 is 2.14 bits per heavy atom. The molecule has 8 nitrogen and oxygen atoms in total. The number of carbonyl (C=O) groups excluding carboxylic acids is 2. The Morgan fingerprint density at radius 3 is 2.82 bits per heavy atom. The van der Waals surface area contributed by atoms with Crippen molar-refractivity contribution in [1.82, 2.24) is 10.0 Å². The molecule has 0 fully saturated rings. The van der Waals surface area contributed by atoms with Gasteiger partial charge in [0.2, 0.25) is 15.9 Å². The summed E-state index contributed by atoms with van der Waals surface area (Å²) in [6, 6.07) is 4.19. The molecule has 1 heterocycles. The van der Waals surface area contributed by atoms with Crippen LogP contribution in [-0.4, -0.2) is 39.9 Å². The molecule has 0 aromatic heterocycles. The maximum Gasteiger partial charge on any atom is 0.265 e. The standard InChI is InChI=1S/C13H17N3O5S/c1-8-13(18)16-10-7-9(3-4-11(10)21-8)22(19,20)15-6-5-12(17)14-2/h3-4,7-8,15H,5-6H2,1-2H3,(H,14,17)(H,16,18)/t8-/m0/s1. The van der Waals surface area contributed by atoms with Gasteiger partial charge in [-0.1, -0.05) is 0 Å². The minimum atomic E-state index is -3.77. The number of sulfonamides is 1. The molecule has 0 saturated heterocycles. The molecule has 1 aromatic carbocycles. The third kappa shape index (κ3) is 3.55. The minimum Gasteiger partial charge on any atom is -0.479 e. The Bertz CT molecular complexity index is 702. The van der Waals surface area contributed by atoms with E-state index in [0.29, 0.717) is 11.4 Å². The van der Waals surface area contributed by atoms with E-state index in [0.717, 1.165) is 0 Å². The predicted octanol–water partition coefficient (Wildman–Crippen LogP) is -0.180. The Morgan fingerprint density at radius 1 is 1.41 bits per heavy atom. The van der Waals surface area contributed by atoms with Crippen LogP contribution in [0.4, 0.5) is 5.69 Å². The van der Waals surface area contributed by atoms with Crippen LogP contribution < -0.4 is 20.1 Å². The SMILES string of the molecule is CNC(=O)CCNS(=O)(=O)c1ccc2c(c1)NC(=O)[C@H](C)O2. The van der Waals surface area contributed by atoms with Gasteiger partial charge in [-0.2, -0.15) is 0 Å². The van der Waals surface area contributed by atoms with Crippen LogP contribution in [0.5, 0.6) is 5.75 Å². The van der Waals surface area contributed by atoms with Crippen molar-refractivity contribution >= 4 is 27.5 Å². The van der Waals surface area contributed by atoms with Gasteiger partial charge in [0.25, 0.3) is 5.91 Å². The van der Waals surface area contributed by atoms with E-state index in [-0.39, 0.29) is 29.7 Å². The number of ether oxygens (including phenoxy) is 1. The molecule has 120 valence electrons. The fourth-order valence-corrected chi connectivity index (χ4v) is 2.92. The normalized spacial score (nSPS) is 17.2. The number of hydrogen-bond donors (Lipinski definition) is 3. The second-order valence-corrected chi connectivity index (χ2v) is 6.50. The lowest BCUT2D eigenvalue weighted by molar-refractivity contribution is -0.123. The van der Waals surface area contributed by atoms with Crippen molar-refractivity contribution in [2.75, 3.05) is 18.9 Å². The Hall–Kier alpha value is -2.13. The van der Waals surface area contributed by atoms with Crippen LogP contribution in [0.3, 0.4) is 0 Å². The zero-order valence-electron chi connectivity index (χ0n) is 12.2. The van der Waals surface area contributed by atoms with E-state index < -0.39 is 16.1 Å². The molecule has 0 unspecified atom stereocenters. The summed E-state index contributed by atoms with van der Waals surface area (Å²) in [7, 11) is -2.29. The summed E-state index contributed by atoms with van der Waals surface area (Å²) in [5.41, 5.74) is 0.303. The molecule has 0 saturated carbocycles. The summed E-state index contributed by atoms with van der Waals surface area (Å²) in [6.45, 7) is 1.59. The van der Waals surface area contributed by atoms with E-state index in [1.54, 1.807) is 6.92 Å². The molecule has 9 heteroatoms. The van der Waals surface area contributed by atoms with Crippen LogP contribution in [0, 0.1) is 0 Å². The zero-order chi connectivity index (χ0) is 16.3. The first-order chi connectivity index (χ1) is 10.3. The summed E-state index contributed by atoms with van der Waals surface area (Å²) >= 11 is 0. The van der Waals surface area contributed by atoms with Crippen LogP contribution in [0.25, 0.3) is 0 Å². The number of rotatable bonds is 5. The average molecular weight is 327 g/mol. The summed E-state index contributed by atoms with van der Waals surface area (Å²) in [4.78, 5) is 22.6. The van der Waals surface area contributed by atoms with Gasteiger partial charge < -0.3 is 15.4 Å². The number of anilines is 1. The van der Waals surface area contributed by atoms with Gasteiger partial charge in [0.1, 0.15) is 5.75 Å². The first kappa shape index (κ1) is 16.2. The Kier molecular flexibility index (Phi) is 4.67. The van der Waals surface area contributed by atoms with E-state index in [2.05, 4.69) is 15.4 Å². The highest BCUT2D eigenvalue weighted by molar-refractivity contribution is 7.89. The van der Waals surface area contributed by atoms with Gasteiger partial charge in [-0.25, -0.2) is 13.1 Å². The maximum absolute atomic E-state index is 12.1. The number of fused-ring (bicyclic) bond motifs is 1. The highest BCUT2D eigenvalue weighted by Gasteiger charge is 2.25. The number of benzene rings is 1. The molecule has 2 amide bonds. The maximum atomic E-state index is 12.1. The Labute approximate surface area is 128 Å². The number of hydrogen-bond acceptors (Lipinski definition) is 5. The largest absolute Gasteiger partial charge is 0.479 e. The molecule has 1 aliphatic heterocycles. The van der Waals surface area contributed by atoms with Gasteiger partial charge in [-0.05, 0) is 25.1 Å². The lowest BCUT2D eigenvalue weighted by Crippen LogP contribution is -2.34. The highest BCUT2D eigenvalue weighted by Crippen LogP contribution is 2.31. The van der Waals surface area contributed by atoms with Crippen molar-refractivity contribution in [3.8, 4) is 5.75 Å². The molecule has 0 radical (unpaired) electrons. The summed E-state index contributed by atoms with van der Waals surface area (Å²) in [5, 5.41) is 4.99. The van der Waals surface area contributed by atoms with Gasteiger partial charge >= 0.3 is 0 Å². The second kappa shape index (κ2) is 6.32. The molecule has 3 N–H and O–H groups in total. The molecular formula is C13H17N3O5S. The lowest BCUT2D eigenvalue weighted by atomic mass is 10.2. The van der Waals surface area contributed by atoms with Gasteiger partial charge in [0.15, 0.2) is 6.10 Å². The van der Waals surface area contributed by atoms with Crippen LogP contribution in [-0.2, 0) is 19.6 Å². The van der Waals surface area contributed by atoms with Crippen LogP contribution in [0.1, 0.15) is 13.3 Å². The molecule has 1 aromatic rings. The van der Waals surface area contributed by atoms with Gasteiger partial charge in [0.05, 0.1) is 10.6 Å². The Balaban J connectivity index is 2.14. The third-order valence-corrected chi connectivity index (χ3v) is 4.57. The van der Waals surface area contributed by atoms with Crippen molar-refractivity contribution in [3.05, 3.63) is 18.2 Å². The topological polar surface area (TPSA) is 114 Å². The first-order valence-electron chi connectivity index (χ1n) is 6.65. The summed E-state index contributed by atoms with van der Waals surface area (Å²) in [6.07, 6.45) is -0.585. The summed E-state index contributed by atoms with van der Waals surface area (Å²) in [5.74, 6) is -0.186. The van der Waals surface area contributed by atoms with Crippen LogP contribution in [0.2, 0.25) is 0 Å². The number of amides is 2. The van der Waals surface area contributed by atoms with E-state index >= 15 is 0 Å². The van der Waals surface area contributed by atoms with Crippen molar-refractivity contribution in [1.29, 1.82) is 0 Å². The quantitative estimate of drug-likeness (QED) is 0.694. The van der Waals surface area contributed by atoms with Crippen molar-refractivity contribution in [2.24, 2.45) is 0 Å². The monoisotopic (exact) mass is 327 g/mol. The molecule has 0 aliphatic carbocycles. The fraction of sp³-hybridized carbons (Fsp3) is 0.385. The van der Waals surface area contributed by atoms with Gasteiger partial charge in [-0.15, -0.1) is 0 Å². The molecular weight excluding hydrogens is 310 g/mol. The van der Waals surface area contributed by atoms with Crippen molar-refractivity contribution in [3.63, 3.8) is 0 Å². The summed E-state index contributed by atoms with van der Waals surface area (Å²) < 4.78 is 32.0. The first-order valence-corrected chi connectivity index (χ1v) is 8.13. The highest BCUT2D eigenvalue weighted by atomic mass is 32.2.